The van der Waals surface area contributed by atoms with Gasteiger partial charge < -0.3 is 13.7 Å². The first-order chi connectivity index (χ1) is 25.3. The Morgan fingerprint density at radius 3 is 1.04 bits per heavy atom. The molecule has 0 unspecified atom stereocenters. The molecule has 3 aromatic heterocycles. The maximum atomic E-state index is 2.41. The molecule has 0 bridgehead atoms. The number of nitrogens with zero attached hydrogens (tertiary/aromatic N) is 3. The van der Waals surface area contributed by atoms with Crippen molar-refractivity contribution in [3.05, 3.63) is 188 Å². The van der Waals surface area contributed by atoms with Crippen LogP contribution in [0.2, 0.25) is 0 Å². The minimum atomic E-state index is 1.16. The normalized spacial score (nSPS) is 11.9. The van der Waals surface area contributed by atoms with E-state index in [9.17, 15) is 0 Å². The smallest absolute Gasteiger partial charge is 0.0542 e. The molecule has 8 aromatic carbocycles. The Morgan fingerprint density at radius 2 is 0.549 bits per heavy atom. The quantitative estimate of drug-likeness (QED) is 0.180. The minimum absolute atomic E-state index is 1.16. The van der Waals surface area contributed by atoms with E-state index in [2.05, 4.69) is 202 Å². The van der Waals surface area contributed by atoms with Crippen molar-refractivity contribution in [3.8, 4) is 28.2 Å². The van der Waals surface area contributed by atoms with E-state index in [1.54, 1.807) is 0 Å². The van der Waals surface area contributed by atoms with Crippen LogP contribution in [0.1, 0.15) is 0 Å². The van der Waals surface area contributed by atoms with Crippen molar-refractivity contribution >= 4 is 65.4 Å². The molecular formula is C48H31N3. The first-order valence-electron chi connectivity index (χ1n) is 17.5. The van der Waals surface area contributed by atoms with Crippen molar-refractivity contribution in [1.29, 1.82) is 0 Å². The van der Waals surface area contributed by atoms with Crippen LogP contribution in [0.15, 0.2) is 188 Å². The van der Waals surface area contributed by atoms with Gasteiger partial charge in [-0.3, -0.25) is 0 Å². The lowest BCUT2D eigenvalue weighted by atomic mass is 10.0. The third-order valence-corrected chi connectivity index (χ3v) is 10.6. The van der Waals surface area contributed by atoms with Crippen molar-refractivity contribution in [2.24, 2.45) is 0 Å². The van der Waals surface area contributed by atoms with E-state index in [0.29, 0.717) is 0 Å². The number of aromatic nitrogens is 3. The molecule has 3 heteroatoms. The molecule has 0 saturated carbocycles. The van der Waals surface area contributed by atoms with E-state index in [-0.39, 0.29) is 0 Å². The van der Waals surface area contributed by atoms with E-state index in [1.807, 2.05) is 0 Å². The zero-order chi connectivity index (χ0) is 33.5. The number of rotatable bonds is 4. The fourth-order valence-corrected chi connectivity index (χ4v) is 8.39. The van der Waals surface area contributed by atoms with Crippen molar-refractivity contribution in [2.75, 3.05) is 0 Å². The van der Waals surface area contributed by atoms with E-state index < -0.39 is 0 Å². The van der Waals surface area contributed by atoms with Gasteiger partial charge in [0, 0.05) is 49.4 Å². The summed E-state index contributed by atoms with van der Waals surface area (Å²) in [4.78, 5) is 0. The SMILES string of the molecule is c1ccc(-n2c3ccccc3c3cc(-c4ccc5c(c4)c4cc(-n6c7ccccc7c7ccccc76)ccc4n5-c4ccccc4)ccc32)cc1. The standard InChI is InChI=1S/C48H31N3/c1-3-13-34(14-4-1)49-45-22-12-9-19-39(45)40-29-32(23-26-46(40)49)33-24-27-47-41(30-33)42-31-36(25-28-48(42)50(47)35-15-5-2-6-16-35)51-43-20-10-7-17-37(43)38-18-8-11-21-44(38)51/h1-31H. The van der Waals surface area contributed by atoms with Gasteiger partial charge in [0.1, 0.15) is 0 Å². The molecule has 11 aromatic rings. The summed E-state index contributed by atoms with van der Waals surface area (Å²) in [6, 6.07) is 68.5. The second-order valence-electron chi connectivity index (χ2n) is 13.4. The minimum Gasteiger partial charge on any atom is -0.309 e. The molecule has 3 heterocycles. The molecule has 0 aliphatic heterocycles. The largest absolute Gasteiger partial charge is 0.309 e. The van der Waals surface area contributed by atoms with Gasteiger partial charge in [0.25, 0.3) is 0 Å². The van der Waals surface area contributed by atoms with Crippen molar-refractivity contribution in [2.45, 2.75) is 0 Å². The molecule has 0 aliphatic rings. The van der Waals surface area contributed by atoms with Crippen LogP contribution in [0.4, 0.5) is 0 Å². The Balaban J connectivity index is 1.16. The Kier molecular flexibility index (Phi) is 5.96. The molecular weight excluding hydrogens is 619 g/mol. The molecule has 0 saturated heterocycles. The molecule has 3 nitrogen and oxygen atoms in total. The van der Waals surface area contributed by atoms with Crippen LogP contribution >= 0.6 is 0 Å². The van der Waals surface area contributed by atoms with Crippen LogP contribution < -0.4 is 0 Å². The summed E-state index contributed by atoms with van der Waals surface area (Å²) in [7, 11) is 0. The molecule has 0 atom stereocenters. The highest BCUT2D eigenvalue weighted by atomic mass is 15.0. The zero-order valence-corrected chi connectivity index (χ0v) is 27.7. The van der Waals surface area contributed by atoms with E-state index in [4.69, 9.17) is 0 Å². The van der Waals surface area contributed by atoms with Crippen molar-refractivity contribution in [1.82, 2.24) is 13.7 Å². The fourth-order valence-electron chi connectivity index (χ4n) is 8.39. The van der Waals surface area contributed by atoms with Crippen molar-refractivity contribution < 1.29 is 0 Å². The summed E-state index contributed by atoms with van der Waals surface area (Å²) in [5.74, 6) is 0. The summed E-state index contributed by atoms with van der Waals surface area (Å²) in [6.07, 6.45) is 0. The van der Waals surface area contributed by atoms with Gasteiger partial charge in [-0.15, -0.1) is 0 Å². The summed E-state index contributed by atoms with van der Waals surface area (Å²) < 4.78 is 7.19. The molecule has 0 radical (unpaired) electrons. The number of hydrogen-bond acceptors (Lipinski definition) is 0. The molecule has 11 rings (SSSR count). The van der Waals surface area contributed by atoms with Gasteiger partial charge in [-0.1, -0.05) is 103 Å². The lowest BCUT2D eigenvalue weighted by Gasteiger charge is -2.10. The first kappa shape index (κ1) is 28.0. The third kappa shape index (κ3) is 4.12. The average molecular weight is 650 g/mol. The summed E-state index contributed by atoms with van der Waals surface area (Å²) in [5.41, 5.74) is 13.2. The molecule has 0 spiro atoms. The predicted molar refractivity (Wildman–Crippen MR) is 215 cm³/mol. The summed E-state index contributed by atoms with van der Waals surface area (Å²) in [5, 5.41) is 7.53. The Hall–Kier alpha value is -6.84. The summed E-state index contributed by atoms with van der Waals surface area (Å²) >= 11 is 0. The van der Waals surface area contributed by atoms with Crippen LogP contribution in [-0.2, 0) is 0 Å². The first-order valence-corrected chi connectivity index (χ1v) is 17.5. The van der Waals surface area contributed by atoms with Gasteiger partial charge in [0.05, 0.1) is 33.1 Å². The number of benzene rings is 8. The predicted octanol–water partition coefficient (Wildman–Crippen LogP) is 12.6. The maximum absolute atomic E-state index is 2.41. The molecule has 0 amide bonds. The van der Waals surface area contributed by atoms with Crippen LogP contribution in [0.3, 0.4) is 0 Å². The van der Waals surface area contributed by atoms with Gasteiger partial charge >= 0.3 is 0 Å². The highest BCUT2D eigenvalue weighted by Crippen LogP contribution is 2.40. The molecule has 0 aliphatic carbocycles. The van der Waals surface area contributed by atoms with E-state index >= 15 is 0 Å². The third-order valence-electron chi connectivity index (χ3n) is 10.6. The van der Waals surface area contributed by atoms with Gasteiger partial charge in [-0.05, 0) is 96.1 Å². The molecule has 238 valence electrons. The molecule has 0 fully saturated rings. The molecule has 0 N–H and O–H groups in total. The van der Waals surface area contributed by atoms with Gasteiger partial charge in [0.15, 0.2) is 0 Å². The van der Waals surface area contributed by atoms with Crippen LogP contribution in [0, 0.1) is 0 Å². The number of fused-ring (bicyclic) bond motifs is 9. The highest BCUT2D eigenvalue weighted by molar-refractivity contribution is 6.14. The Bertz CT molecular complexity index is 3070. The van der Waals surface area contributed by atoms with Crippen LogP contribution in [-0.4, -0.2) is 13.7 Å². The second-order valence-corrected chi connectivity index (χ2v) is 13.4. The average Bonchev–Trinajstić information content (AvgIpc) is 3.83. The number of hydrogen-bond donors (Lipinski definition) is 0. The monoisotopic (exact) mass is 649 g/mol. The highest BCUT2D eigenvalue weighted by Gasteiger charge is 2.18. The summed E-state index contributed by atoms with van der Waals surface area (Å²) in [6.45, 7) is 0. The lowest BCUT2D eigenvalue weighted by molar-refractivity contribution is 1.17. The van der Waals surface area contributed by atoms with Crippen LogP contribution in [0.5, 0.6) is 0 Å². The Morgan fingerprint density at radius 1 is 0.216 bits per heavy atom. The van der Waals surface area contributed by atoms with E-state index in [1.165, 1.54) is 82.2 Å². The van der Waals surface area contributed by atoms with Crippen molar-refractivity contribution in [3.63, 3.8) is 0 Å². The maximum Gasteiger partial charge on any atom is 0.0542 e. The van der Waals surface area contributed by atoms with Crippen LogP contribution in [0.25, 0.3) is 93.6 Å². The van der Waals surface area contributed by atoms with Gasteiger partial charge in [-0.2, -0.15) is 0 Å². The topological polar surface area (TPSA) is 14.8 Å². The van der Waals surface area contributed by atoms with E-state index in [0.717, 1.165) is 11.4 Å². The zero-order valence-electron chi connectivity index (χ0n) is 27.7. The Labute approximate surface area is 294 Å². The molecule has 51 heavy (non-hydrogen) atoms. The van der Waals surface area contributed by atoms with Gasteiger partial charge in [-0.25, -0.2) is 0 Å². The lowest BCUT2D eigenvalue weighted by Crippen LogP contribution is -1.95. The second kappa shape index (κ2) is 10.8. The fraction of sp³-hybridized carbons (Fsp3) is 0. The number of para-hydroxylation sites is 5. The van der Waals surface area contributed by atoms with Gasteiger partial charge in [0.2, 0.25) is 0 Å².